The van der Waals surface area contributed by atoms with Crippen molar-refractivity contribution >= 4 is 21.8 Å². The molecule has 2 heterocycles. The van der Waals surface area contributed by atoms with Crippen molar-refractivity contribution in [1.82, 2.24) is 9.97 Å². The van der Waals surface area contributed by atoms with Gasteiger partial charge in [0.2, 0.25) is 0 Å². The number of para-hydroxylation sites is 2. The molecular formula is C19H17N2. The minimum Gasteiger partial charge on any atom is -0.361 e. The molecule has 0 amide bonds. The summed E-state index contributed by atoms with van der Waals surface area (Å²) in [4.78, 5) is 6.67. The summed E-state index contributed by atoms with van der Waals surface area (Å²) in [6.07, 6.45) is 8.65. The van der Waals surface area contributed by atoms with Crippen LogP contribution >= 0.6 is 0 Å². The number of nitrogens with one attached hydrogen (secondary N) is 2. The second kappa shape index (κ2) is 5.13. The Morgan fingerprint density at radius 1 is 0.762 bits per heavy atom. The van der Waals surface area contributed by atoms with Gasteiger partial charge in [0, 0.05) is 34.2 Å². The molecule has 2 heteroatoms. The SMILES string of the molecule is [CH](CCc1c[nH]c2ccccc12)c1c[nH]c2ccccc12. The van der Waals surface area contributed by atoms with E-state index in [1.54, 1.807) is 0 Å². The monoisotopic (exact) mass is 273 g/mol. The maximum atomic E-state index is 3.34. The summed E-state index contributed by atoms with van der Waals surface area (Å²) in [5, 5.41) is 2.64. The van der Waals surface area contributed by atoms with Crippen LogP contribution in [0.2, 0.25) is 0 Å². The van der Waals surface area contributed by atoms with Gasteiger partial charge in [-0.25, -0.2) is 0 Å². The number of rotatable bonds is 4. The van der Waals surface area contributed by atoms with Crippen LogP contribution in [0.25, 0.3) is 21.8 Å². The third-order valence-corrected chi connectivity index (χ3v) is 4.07. The van der Waals surface area contributed by atoms with E-state index in [4.69, 9.17) is 0 Å². The molecule has 4 aromatic rings. The Hall–Kier alpha value is -2.48. The third kappa shape index (κ3) is 2.23. The van der Waals surface area contributed by atoms with Crippen LogP contribution in [-0.4, -0.2) is 9.97 Å². The minimum atomic E-state index is 1.05. The normalized spacial score (nSPS) is 11.4. The summed E-state index contributed by atoms with van der Waals surface area (Å²) < 4.78 is 0. The van der Waals surface area contributed by atoms with Gasteiger partial charge in [-0.15, -0.1) is 0 Å². The van der Waals surface area contributed by atoms with Crippen LogP contribution in [0.1, 0.15) is 17.5 Å². The summed E-state index contributed by atoms with van der Waals surface area (Å²) in [5.41, 5.74) is 5.11. The topological polar surface area (TPSA) is 31.6 Å². The summed E-state index contributed by atoms with van der Waals surface area (Å²) in [5.74, 6) is 0. The highest BCUT2D eigenvalue weighted by atomic mass is 14.7. The van der Waals surface area contributed by atoms with E-state index in [2.05, 4.69) is 77.3 Å². The van der Waals surface area contributed by atoms with Crippen molar-refractivity contribution in [2.45, 2.75) is 12.8 Å². The van der Waals surface area contributed by atoms with Gasteiger partial charge in [-0.1, -0.05) is 36.4 Å². The molecule has 2 aromatic heterocycles. The molecule has 1 radical (unpaired) electrons. The minimum absolute atomic E-state index is 1.05. The number of H-pyrrole nitrogens is 2. The number of aryl methyl sites for hydroxylation is 1. The summed E-state index contributed by atoms with van der Waals surface area (Å²) in [6.45, 7) is 0. The van der Waals surface area contributed by atoms with Gasteiger partial charge in [0.25, 0.3) is 0 Å². The zero-order valence-corrected chi connectivity index (χ0v) is 11.8. The van der Waals surface area contributed by atoms with Crippen molar-refractivity contribution in [3.63, 3.8) is 0 Å². The van der Waals surface area contributed by atoms with Gasteiger partial charge in [-0.2, -0.15) is 0 Å². The van der Waals surface area contributed by atoms with E-state index in [0.717, 1.165) is 12.8 Å². The van der Waals surface area contributed by atoms with Crippen molar-refractivity contribution in [2.75, 3.05) is 0 Å². The first-order valence-corrected chi connectivity index (χ1v) is 7.36. The lowest BCUT2D eigenvalue weighted by Crippen LogP contribution is -1.86. The second-order valence-corrected chi connectivity index (χ2v) is 5.39. The highest BCUT2D eigenvalue weighted by Gasteiger charge is 2.05. The Balaban J connectivity index is 1.50. The van der Waals surface area contributed by atoms with Gasteiger partial charge in [-0.05, 0) is 42.5 Å². The number of aromatic nitrogens is 2. The maximum Gasteiger partial charge on any atom is 0.0456 e. The van der Waals surface area contributed by atoms with E-state index in [0.29, 0.717) is 0 Å². The Morgan fingerprint density at radius 2 is 1.43 bits per heavy atom. The molecule has 4 rings (SSSR count). The maximum absolute atomic E-state index is 3.34. The van der Waals surface area contributed by atoms with E-state index in [-0.39, 0.29) is 0 Å². The molecule has 2 nitrogen and oxygen atoms in total. The fraction of sp³-hybridized carbons (Fsp3) is 0.105. The Bertz CT molecular complexity index is 809. The summed E-state index contributed by atoms with van der Waals surface area (Å²) >= 11 is 0. The van der Waals surface area contributed by atoms with Gasteiger partial charge in [0.15, 0.2) is 0 Å². The molecular weight excluding hydrogens is 256 g/mol. The van der Waals surface area contributed by atoms with Crippen LogP contribution < -0.4 is 0 Å². The second-order valence-electron chi connectivity index (χ2n) is 5.39. The fourth-order valence-electron chi connectivity index (χ4n) is 2.98. The number of benzene rings is 2. The molecule has 0 unspecified atom stereocenters. The smallest absolute Gasteiger partial charge is 0.0456 e. The van der Waals surface area contributed by atoms with Crippen LogP contribution in [0.5, 0.6) is 0 Å². The van der Waals surface area contributed by atoms with Gasteiger partial charge in [-0.3, -0.25) is 0 Å². The van der Waals surface area contributed by atoms with Gasteiger partial charge >= 0.3 is 0 Å². The van der Waals surface area contributed by atoms with E-state index in [1.165, 1.54) is 32.9 Å². The van der Waals surface area contributed by atoms with Crippen molar-refractivity contribution in [1.29, 1.82) is 0 Å². The zero-order chi connectivity index (χ0) is 14.1. The number of hydrogen-bond acceptors (Lipinski definition) is 0. The molecule has 0 saturated heterocycles. The molecule has 2 aromatic carbocycles. The van der Waals surface area contributed by atoms with E-state index >= 15 is 0 Å². The predicted octanol–water partition coefficient (Wildman–Crippen LogP) is 4.83. The van der Waals surface area contributed by atoms with Crippen LogP contribution in [0, 0.1) is 6.42 Å². The first-order chi connectivity index (χ1) is 10.4. The summed E-state index contributed by atoms with van der Waals surface area (Å²) in [7, 11) is 0. The van der Waals surface area contributed by atoms with Crippen molar-refractivity contribution < 1.29 is 0 Å². The lowest BCUT2D eigenvalue weighted by atomic mass is 10.0. The third-order valence-electron chi connectivity index (χ3n) is 4.07. The average molecular weight is 273 g/mol. The number of hydrogen-bond donors (Lipinski definition) is 2. The van der Waals surface area contributed by atoms with Crippen molar-refractivity contribution in [3.8, 4) is 0 Å². The molecule has 0 aliphatic heterocycles. The average Bonchev–Trinajstić information content (AvgIpc) is 3.13. The zero-order valence-electron chi connectivity index (χ0n) is 11.8. The van der Waals surface area contributed by atoms with Crippen molar-refractivity contribution in [3.05, 3.63) is 78.5 Å². The molecule has 0 bridgehead atoms. The molecule has 0 atom stereocenters. The summed E-state index contributed by atoms with van der Waals surface area (Å²) in [6, 6.07) is 16.9. The molecule has 103 valence electrons. The molecule has 21 heavy (non-hydrogen) atoms. The van der Waals surface area contributed by atoms with Crippen LogP contribution in [0.15, 0.2) is 60.9 Å². The van der Waals surface area contributed by atoms with Gasteiger partial charge < -0.3 is 9.97 Å². The van der Waals surface area contributed by atoms with E-state index in [9.17, 15) is 0 Å². The standard InChI is InChI=1S/C19H17N2/c1-3-10-18-16(8-1)14(12-20-18)6-5-7-15-13-21-19-11-4-2-9-17(15)19/h1-4,6,8-13,20-21H,5,7H2. The number of aromatic amines is 2. The Morgan fingerprint density at radius 3 is 2.29 bits per heavy atom. The van der Waals surface area contributed by atoms with Crippen LogP contribution in [0.3, 0.4) is 0 Å². The van der Waals surface area contributed by atoms with Gasteiger partial charge in [0.1, 0.15) is 0 Å². The molecule has 2 N–H and O–H groups in total. The quantitative estimate of drug-likeness (QED) is 0.533. The predicted molar refractivity (Wildman–Crippen MR) is 88.3 cm³/mol. The lowest BCUT2D eigenvalue weighted by molar-refractivity contribution is 0.961. The van der Waals surface area contributed by atoms with E-state index in [1.807, 2.05) is 0 Å². The molecule has 0 aliphatic carbocycles. The van der Waals surface area contributed by atoms with Crippen molar-refractivity contribution in [2.24, 2.45) is 0 Å². The van der Waals surface area contributed by atoms with Crippen LogP contribution in [-0.2, 0) is 6.42 Å². The molecule has 0 saturated carbocycles. The molecule has 0 fully saturated rings. The van der Waals surface area contributed by atoms with Crippen LogP contribution in [0.4, 0.5) is 0 Å². The fourth-order valence-corrected chi connectivity index (χ4v) is 2.98. The Kier molecular flexibility index (Phi) is 3.00. The molecule has 0 aliphatic rings. The van der Waals surface area contributed by atoms with E-state index < -0.39 is 0 Å². The largest absolute Gasteiger partial charge is 0.361 e. The number of fused-ring (bicyclic) bond motifs is 2. The Labute approximate surface area is 123 Å². The first kappa shape index (κ1) is 12.3. The first-order valence-electron chi connectivity index (χ1n) is 7.36. The highest BCUT2D eigenvalue weighted by molar-refractivity contribution is 5.84. The lowest BCUT2D eigenvalue weighted by Gasteiger charge is -2.00. The van der Waals surface area contributed by atoms with Gasteiger partial charge in [0.05, 0.1) is 0 Å². The molecule has 0 spiro atoms. The highest BCUT2D eigenvalue weighted by Crippen LogP contribution is 2.23.